The number of carbonyl (C=O) groups is 1. The van der Waals surface area contributed by atoms with E-state index in [-0.39, 0.29) is 5.78 Å². The van der Waals surface area contributed by atoms with E-state index >= 15 is 0 Å². The quantitative estimate of drug-likeness (QED) is 0.207. The summed E-state index contributed by atoms with van der Waals surface area (Å²) < 4.78 is 19.1. The first kappa shape index (κ1) is 22.9. The van der Waals surface area contributed by atoms with Crippen LogP contribution in [0, 0.1) is 0 Å². The summed E-state index contributed by atoms with van der Waals surface area (Å²) >= 11 is 0. The van der Waals surface area contributed by atoms with Crippen LogP contribution in [0.4, 0.5) is 0 Å². The highest BCUT2D eigenvalue weighted by Gasteiger charge is 2.09. The molecule has 0 aliphatic rings. The van der Waals surface area contributed by atoms with E-state index in [1.807, 2.05) is 109 Å². The SMILES string of the molecule is CCOc1ccccc1OCc1cc(/C=C/C(=O)c2cccc(-n3cccc3)c2)ccc1OC. The van der Waals surface area contributed by atoms with Crippen LogP contribution in [-0.2, 0) is 6.61 Å². The number of ether oxygens (including phenoxy) is 3. The number of allylic oxidation sites excluding steroid dienone is 1. The zero-order valence-electron chi connectivity index (χ0n) is 19.3. The monoisotopic (exact) mass is 453 g/mol. The van der Waals surface area contributed by atoms with Crippen LogP contribution in [0.2, 0.25) is 0 Å². The van der Waals surface area contributed by atoms with Crippen molar-refractivity contribution in [2.75, 3.05) is 13.7 Å². The first-order chi connectivity index (χ1) is 16.7. The Kier molecular flexibility index (Phi) is 7.45. The Morgan fingerprint density at radius 1 is 0.853 bits per heavy atom. The summed E-state index contributed by atoms with van der Waals surface area (Å²) in [6, 6.07) is 24.8. The molecule has 1 aromatic heterocycles. The zero-order chi connectivity index (χ0) is 23.8. The summed E-state index contributed by atoms with van der Waals surface area (Å²) in [5.41, 5.74) is 3.33. The molecule has 0 radical (unpaired) electrons. The molecule has 0 unspecified atom stereocenters. The van der Waals surface area contributed by atoms with Crippen molar-refractivity contribution < 1.29 is 19.0 Å². The normalized spacial score (nSPS) is 10.9. The third-order valence-corrected chi connectivity index (χ3v) is 5.30. The smallest absolute Gasteiger partial charge is 0.185 e. The second-order valence-corrected chi connectivity index (χ2v) is 7.58. The van der Waals surface area contributed by atoms with Crippen molar-refractivity contribution in [3.63, 3.8) is 0 Å². The lowest BCUT2D eigenvalue weighted by molar-refractivity contribution is 0.104. The molecule has 1 heterocycles. The minimum atomic E-state index is -0.0618. The van der Waals surface area contributed by atoms with Crippen LogP contribution in [0.25, 0.3) is 11.8 Å². The van der Waals surface area contributed by atoms with E-state index < -0.39 is 0 Å². The first-order valence-corrected chi connectivity index (χ1v) is 11.2. The van der Waals surface area contributed by atoms with Crippen LogP contribution in [0.15, 0.2) is 97.3 Å². The average Bonchev–Trinajstić information content (AvgIpc) is 3.42. The second kappa shape index (κ2) is 11.1. The standard InChI is InChI=1S/C29H27NO4/c1-3-33-28-11-4-5-12-29(28)34-21-24-19-22(14-16-27(24)32-2)13-15-26(31)23-9-8-10-25(20-23)30-17-6-7-18-30/h4-20H,3,21H2,1-2H3/b15-13+. The van der Waals surface area contributed by atoms with Gasteiger partial charge in [-0.1, -0.05) is 36.4 Å². The van der Waals surface area contributed by atoms with Crippen LogP contribution in [0.5, 0.6) is 17.2 Å². The summed E-state index contributed by atoms with van der Waals surface area (Å²) in [7, 11) is 1.63. The van der Waals surface area contributed by atoms with Crippen molar-refractivity contribution in [2.45, 2.75) is 13.5 Å². The molecule has 0 amide bonds. The van der Waals surface area contributed by atoms with Crippen molar-refractivity contribution in [1.29, 1.82) is 0 Å². The Hall–Kier alpha value is -4.25. The Bertz CT molecular complexity index is 1280. The molecule has 3 aromatic carbocycles. The molecule has 0 saturated carbocycles. The molecule has 5 nitrogen and oxygen atoms in total. The van der Waals surface area contributed by atoms with Crippen LogP contribution in [0.1, 0.15) is 28.4 Å². The van der Waals surface area contributed by atoms with Crippen LogP contribution in [-0.4, -0.2) is 24.1 Å². The molecule has 0 atom stereocenters. The molecule has 0 aliphatic carbocycles. The number of aromatic nitrogens is 1. The van der Waals surface area contributed by atoms with Gasteiger partial charge in [-0.15, -0.1) is 0 Å². The number of ketones is 1. The first-order valence-electron chi connectivity index (χ1n) is 11.2. The molecular weight excluding hydrogens is 426 g/mol. The number of rotatable bonds is 10. The van der Waals surface area contributed by atoms with Gasteiger partial charge in [0.2, 0.25) is 0 Å². The van der Waals surface area contributed by atoms with Crippen LogP contribution in [0.3, 0.4) is 0 Å². The molecule has 0 N–H and O–H groups in total. The minimum absolute atomic E-state index is 0.0618. The van der Waals surface area contributed by atoms with Crippen molar-refractivity contribution >= 4 is 11.9 Å². The number of methoxy groups -OCH3 is 1. The van der Waals surface area contributed by atoms with Gasteiger partial charge in [0.1, 0.15) is 12.4 Å². The summed E-state index contributed by atoms with van der Waals surface area (Å²) in [5, 5.41) is 0. The molecule has 4 rings (SSSR count). The maximum atomic E-state index is 12.8. The van der Waals surface area contributed by atoms with Crippen molar-refractivity contribution in [1.82, 2.24) is 4.57 Å². The number of hydrogen-bond donors (Lipinski definition) is 0. The zero-order valence-corrected chi connectivity index (χ0v) is 19.3. The van der Waals surface area contributed by atoms with Gasteiger partial charge in [-0.25, -0.2) is 0 Å². The fourth-order valence-corrected chi connectivity index (χ4v) is 3.61. The molecule has 0 aliphatic heterocycles. The van der Waals surface area contributed by atoms with E-state index in [0.29, 0.717) is 30.3 Å². The Morgan fingerprint density at radius 3 is 2.35 bits per heavy atom. The topological polar surface area (TPSA) is 49.7 Å². The Balaban J connectivity index is 1.49. The third-order valence-electron chi connectivity index (χ3n) is 5.30. The predicted octanol–water partition coefficient (Wildman–Crippen LogP) is 6.36. The van der Waals surface area contributed by atoms with E-state index in [2.05, 4.69) is 0 Å². The predicted molar refractivity (Wildman–Crippen MR) is 134 cm³/mol. The van der Waals surface area contributed by atoms with E-state index in [4.69, 9.17) is 14.2 Å². The number of nitrogens with zero attached hydrogens (tertiary/aromatic N) is 1. The van der Waals surface area contributed by atoms with Gasteiger partial charge in [-0.3, -0.25) is 4.79 Å². The number of hydrogen-bond acceptors (Lipinski definition) is 4. The van der Waals surface area contributed by atoms with E-state index in [1.165, 1.54) is 0 Å². The Labute approximate surface area is 199 Å². The molecule has 34 heavy (non-hydrogen) atoms. The molecular formula is C29H27NO4. The van der Waals surface area contributed by atoms with Crippen molar-refractivity contribution in [3.8, 4) is 22.9 Å². The molecule has 172 valence electrons. The van der Waals surface area contributed by atoms with Crippen LogP contribution < -0.4 is 14.2 Å². The van der Waals surface area contributed by atoms with Gasteiger partial charge < -0.3 is 18.8 Å². The summed E-state index contributed by atoms with van der Waals surface area (Å²) in [6.07, 6.45) is 7.30. The summed E-state index contributed by atoms with van der Waals surface area (Å²) in [4.78, 5) is 12.8. The maximum absolute atomic E-state index is 12.8. The third kappa shape index (κ3) is 5.56. The van der Waals surface area contributed by atoms with E-state index in [1.54, 1.807) is 13.2 Å². The van der Waals surface area contributed by atoms with Gasteiger partial charge in [0, 0.05) is 29.2 Å². The van der Waals surface area contributed by atoms with Gasteiger partial charge in [0.25, 0.3) is 0 Å². The summed E-state index contributed by atoms with van der Waals surface area (Å²) in [6.45, 7) is 2.81. The van der Waals surface area contributed by atoms with Crippen LogP contribution >= 0.6 is 0 Å². The van der Waals surface area contributed by atoms with Crippen molar-refractivity contribution in [3.05, 3.63) is 114 Å². The highest BCUT2D eigenvalue weighted by Crippen LogP contribution is 2.29. The van der Waals surface area contributed by atoms with Gasteiger partial charge >= 0.3 is 0 Å². The lowest BCUT2D eigenvalue weighted by Crippen LogP contribution is -2.01. The van der Waals surface area contributed by atoms with Gasteiger partial charge in [-0.05, 0) is 67.1 Å². The summed E-state index contributed by atoms with van der Waals surface area (Å²) in [5.74, 6) is 2.03. The fraction of sp³-hybridized carbons (Fsp3) is 0.138. The molecule has 5 heteroatoms. The molecule has 0 fully saturated rings. The van der Waals surface area contributed by atoms with Gasteiger partial charge in [0.15, 0.2) is 17.3 Å². The molecule has 0 bridgehead atoms. The number of para-hydroxylation sites is 2. The molecule has 0 spiro atoms. The lowest BCUT2D eigenvalue weighted by Gasteiger charge is -2.14. The second-order valence-electron chi connectivity index (χ2n) is 7.58. The number of carbonyl (C=O) groups excluding carboxylic acids is 1. The highest BCUT2D eigenvalue weighted by molar-refractivity contribution is 6.07. The molecule has 4 aromatic rings. The lowest BCUT2D eigenvalue weighted by atomic mass is 10.1. The highest BCUT2D eigenvalue weighted by atomic mass is 16.5. The Morgan fingerprint density at radius 2 is 1.62 bits per heavy atom. The van der Waals surface area contributed by atoms with Gasteiger partial charge in [0.05, 0.1) is 13.7 Å². The van der Waals surface area contributed by atoms with Gasteiger partial charge in [-0.2, -0.15) is 0 Å². The maximum Gasteiger partial charge on any atom is 0.185 e. The average molecular weight is 454 g/mol. The van der Waals surface area contributed by atoms with Crippen molar-refractivity contribution in [2.24, 2.45) is 0 Å². The van der Waals surface area contributed by atoms with E-state index in [0.717, 1.165) is 22.6 Å². The van der Waals surface area contributed by atoms with E-state index in [9.17, 15) is 4.79 Å². The number of benzene rings is 3. The fourth-order valence-electron chi connectivity index (χ4n) is 3.61. The molecule has 0 saturated heterocycles. The minimum Gasteiger partial charge on any atom is -0.496 e. The largest absolute Gasteiger partial charge is 0.496 e.